The van der Waals surface area contributed by atoms with Gasteiger partial charge >= 0.3 is 5.97 Å². The second kappa shape index (κ2) is 7.14. The zero-order valence-electron chi connectivity index (χ0n) is 8.43. The van der Waals surface area contributed by atoms with E-state index in [2.05, 4.69) is 13.8 Å². The molecule has 0 aromatic heterocycles. The van der Waals surface area contributed by atoms with Crippen LogP contribution in [0.4, 0.5) is 0 Å². The van der Waals surface area contributed by atoms with Crippen molar-refractivity contribution in [3.8, 4) is 0 Å². The maximum Gasteiger partial charge on any atom is 0.306 e. The second-order valence-electron chi connectivity index (χ2n) is 3.07. The molecular weight excluding hydrogens is 152 g/mol. The van der Waals surface area contributed by atoms with Crippen LogP contribution in [0.25, 0.3) is 0 Å². The van der Waals surface area contributed by atoms with Crippen molar-refractivity contribution < 1.29 is 9.53 Å². The smallest absolute Gasteiger partial charge is 0.306 e. The van der Waals surface area contributed by atoms with Gasteiger partial charge in [-0.15, -0.1) is 0 Å². The summed E-state index contributed by atoms with van der Waals surface area (Å²) >= 11 is 0. The SMILES string of the molecule is CCC[C@H](CC)CC(=O)OCC. The average Bonchev–Trinajstić information content (AvgIpc) is 2.04. The summed E-state index contributed by atoms with van der Waals surface area (Å²) in [4.78, 5) is 11.1. The largest absolute Gasteiger partial charge is 0.466 e. The van der Waals surface area contributed by atoms with Crippen LogP contribution in [0.2, 0.25) is 0 Å². The summed E-state index contributed by atoms with van der Waals surface area (Å²) in [6.07, 6.45) is 3.96. The lowest BCUT2D eigenvalue weighted by atomic mass is 9.97. The average molecular weight is 172 g/mol. The first-order valence-electron chi connectivity index (χ1n) is 4.90. The number of hydrogen-bond acceptors (Lipinski definition) is 2. The summed E-state index contributed by atoms with van der Waals surface area (Å²) in [6.45, 7) is 6.62. The lowest BCUT2D eigenvalue weighted by Gasteiger charge is -2.11. The van der Waals surface area contributed by atoms with Crippen LogP contribution in [0.5, 0.6) is 0 Å². The Morgan fingerprint density at radius 2 is 2.00 bits per heavy atom. The number of ether oxygens (including phenoxy) is 1. The van der Waals surface area contributed by atoms with E-state index in [4.69, 9.17) is 4.74 Å². The molecular formula is C10H20O2. The van der Waals surface area contributed by atoms with E-state index < -0.39 is 0 Å². The van der Waals surface area contributed by atoms with Gasteiger partial charge in [0.1, 0.15) is 0 Å². The van der Waals surface area contributed by atoms with Crippen LogP contribution in [-0.2, 0) is 9.53 Å². The first-order valence-corrected chi connectivity index (χ1v) is 4.90. The van der Waals surface area contributed by atoms with Crippen molar-refractivity contribution in [2.24, 2.45) is 5.92 Å². The molecule has 0 spiro atoms. The highest BCUT2D eigenvalue weighted by Gasteiger charge is 2.11. The fourth-order valence-electron chi connectivity index (χ4n) is 1.31. The first-order chi connectivity index (χ1) is 5.74. The van der Waals surface area contributed by atoms with Gasteiger partial charge < -0.3 is 4.74 Å². The van der Waals surface area contributed by atoms with Crippen LogP contribution in [0, 0.1) is 5.92 Å². The molecule has 0 saturated carbocycles. The van der Waals surface area contributed by atoms with E-state index >= 15 is 0 Å². The summed E-state index contributed by atoms with van der Waals surface area (Å²) in [5.41, 5.74) is 0. The van der Waals surface area contributed by atoms with Crippen LogP contribution < -0.4 is 0 Å². The van der Waals surface area contributed by atoms with Gasteiger partial charge in [-0.3, -0.25) is 4.79 Å². The molecule has 0 fully saturated rings. The Morgan fingerprint density at radius 1 is 1.33 bits per heavy atom. The molecule has 0 saturated heterocycles. The van der Waals surface area contributed by atoms with Crippen LogP contribution in [0.1, 0.15) is 46.5 Å². The predicted molar refractivity (Wildman–Crippen MR) is 49.9 cm³/mol. The highest BCUT2D eigenvalue weighted by Crippen LogP contribution is 2.15. The van der Waals surface area contributed by atoms with Crippen LogP contribution >= 0.6 is 0 Å². The molecule has 0 heterocycles. The minimum Gasteiger partial charge on any atom is -0.466 e. The minimum atomic E-state index is -0.0437. The standard InChI is InChI=1S/C10H20O2/c1-4-7-9(5-2)8-10(11)12-6-3/h9H,4-8H2,1-3H3/t9-/m0/s1. The maximum atomic E-state index is 11.1. The van der Waals surface area contributed by atoms with Gasteiger partial charge in [-0.25, -0.2) is 0 Å². The van der Waals surface area contributed by atoms with E-state index in [0.717, 1.165) is 19.3 Å². The van der Waals surface area contributed by atoms with Crippen molar-refractivity contribution in [2.75, 3.05) is 6.61 Å². The zero-order valence-corrected chi connectivity index (χ0v) is 8.43. The molecule has 72 valence electrons. The van der Waals surface area contributed by atoms with Gasteiger partial charge in [0, 0.05) is 6.42 Å². The fourth-order valence-corrected chi connectivity index (χ4v) is 1.31. The molecule has 0 aromatic carbocycles. The molecule has 0 aliphatic heterocycles. The molecule has 0 unspecified atom stereocenters. The highest BCUT2D eigenvalue weighted by molar-refractivity contribution is 5.69. The van der Waals surface area contributed by atoms with Crippen molar-refractivity contribution >= 4 is 5.97 Å². The minimum absolute atomic E-state index is 0.0437. The van der Waals surface area contributed by atoms with Crippen molar-refractivity contribution in [1.29, 1.82) is 0 Å². The molecule has 2 heteroatoms. The monoisotopic (exact) mass is 172 g/mol. The molecule has 0 bridgehead atoms. The van der Waals surface area contributed by atoms with Gasteiger partial charge in [-0.05, 0) is 12.8 Å². The Morgan fingerprint density at radius 3 is 2.42 bits per heavy atom. The molecule has 0 radical (unpaired) electrons. The van der Waals surface area contributed by atoms with Crippen LogP contribution in [0.15, 0.2) is 0 Å². The normalized spacial score (nSPS) is 12.6. The van der Waals surface area contributed by atoms with E-state index in [-0.39, 0.29) is 5.97 Å². The quantitative estimate of drug-likeness (QED) is 0.576. The van der Waals surface area contributed by atoms with Gasteiger partial charge in [0.2, 0.25) is 0 Å². The Bertz CT molecular complexity index is 121. The van der Waals surface area contributed by atoms with E-state index in [1.54, 1.807) is 0 Å². The predicted octanol–water partition coefficient (Wildman–Crippen LogP) is 2.77. The molecule has 0 rings (SSSR count). The molecule has 0 amide bonds. The van der Waals surface area contributed by atoms with Gasteiger partial charge in [0.05, 0.1) is 6.61 Å². The second-order valence-corrected chi connectivity index (χ2v) is 3.07. The van der Waals surface area contributed by atoms with E-state index in [9.17, 15) is 4.79 Å². The number of rotatable bonds is 6. The number of carbonyl (C=O) groups is 1. The number of carbonyl (C=O) groups excluding carboxylic acids is 1. The summed E-state index contributed by atoms with van der Waals surface area (Å²) in [5.74, 6) is 0.479. The van der Waals surface area contributed by atoms with E-state index in [1.165, 1.54) is 0 Å². The van der Waals surface area contributed by atoms with Gasteiger partial charge in [0.25, 0.3) is 0 Å². The summed E-state index contributed by atoms with van der Waals surface area (Å²) < 4.78 is 4.88. The van der Waals surface area contributed by atoms with Crippen LogP contribution in [0.3, 0.4) is 0 Å². The van der Waals surface area contributed by atoms with Crippen molar-refractivity contribution in [1.82, 2.24) is 0 Å². The zero-order chi connectivity index (χ0) is 9.40. The maximum absolute atomic E-state index is 11.1. The van der Waals surface area contributed by atoms with Crippen molar-refractivity contribution in [3.05, 3.63) is 0 Å². The molecule has 0 aliphatic carbocycles. The van der Waals surface area contributed by atoms with Crippen molar-refractivity contribution in [2.45, 2.75) is 46.5 Å². The van der Waals surface area contributed by atoms with E-state index in [1.807, 2.05) is 6.92 Å². The van der Waals surface area contributed by atoms with Crippen molar-refractivity contribution in [3.63, 3.8) is 0 Å². The van der Waals surface area contributed by atoms with Gasteiger partial charge in [0.15, 0.2) is 0 Å². The molecule has 12 heavy (non-hydrogen) atoms. The lowest BCUT2D eigenvalue weighted by molar-refractivity contribution is -0.144. The molecule has 1 atom stereocenters. The Kier molecular flexibility index (Phi) is 6.82. The third kappa shape index (κ3) is 5.16. The molecule has 0 aromatic rings. The lowest BCUT2D eigenvalue weighted by Crippen LogP contribution is -2.10. The van der Waals surface area contributed by atoms with E-state index in [0.29, 0.717) is 18.9 Å². The van der Waals surface area contributed by atoms with Gasteiger partial charge in [-0.1, -0.05) is 33.1 Å². The molecule has 2 nitrogen and oxygen atoms in total. The Labute approximate surface area is 75.3 Å². The first kappa shape index (κ1) is 11.5. The Balaban J connectivity index is 3.61. The van der Waals surface area contributed by atoms with Crippen LogP contribution in [-0.4, -0.2) is 12.6 Å². The third-order valence-electron chi connectivity index (χ3n) is 2.03. The molecule has 0 N–H and O–H groups in total. The fraction of sp³-hybridized carbons (Fsp3) is 0.900. The van der Waals surface area contributed by atoms with Gasteiger partial charge in [-0.2, -0.15) is 0 Å². The topological polar surface area (TPSA) is 26.3 Å². The number of hydrogen-bond donors (Lipinski definition) is 0. The third-order valence-corrected chi connectivity index (χ3v) is 2.03. The summed E-state index contributed by atoms with van der Waals surface area (Å²) in [7, 11) is 0. The molecule has 0 aliphatic rings. The summed E-state index contributed by atoms with van der Waals surface area (Å²) in [5, 5.41) is 0. The highest BCUT2D eigenvalue weighted by atomic mass is 16.5. The summed E-state index contributed by atoms with van der Waals surface area (Å²) in [6, 6.07) is 0. The number of esters is 1. The Hall–Kier alpha value is -0.530.